The number of imidazole rings is 1. The summed E-state index contributed by atoms with van der Waals surface area (Å²) < 4.78 is 8.02. The van der Waals surface area contributed by atoms with Crippen LogP contribution in [0.2, 0.25) is 5.02 Å². The lowest BCUT2D eigenvalue weighted by atomic mass is 10.1. The second kappa shape index (κ2) is 8.75. The maximum atomic E-state index is 11.7. The number of carbonyl (C=O) groups is 1. The molecule has 0 unspecified atom stereocenters. The summed E-state index contributed by atoms with van der Waals surface area (Å²) in [6.45, 7) is 2.16. The maximum Gasteiger partial charge on any atom is 0.316 e. The molecular weight excluding hydrogens is 436 g/mol. The van der Waals surface area contributed by atoms with Gasteiger partial charge in [0.1, 0.15) is 0 Å². The van der Waals surface area contributed by atoms with E-state index in [1.807, 2.05) is 53.1 Å². The number of rotatable bonds is 6. The van der Waals surface area contributed by atoms with Crippen LogP contribution >= 0.6 is 39.3 Å². The van der Waals surface area contributed by atoms with Crippen molar-refractivity contribution in [2.45, 2.75) is 12.1 Å². The predicted molar refractivity (Wildman–Crippen MR) is 109 cm³/mol. The van der Waals surface area contributed by atoms with Crippen molar-refractivity contribution in [3.63, 3.8) is 0 Å². The highest BCUT2D eigenvalue weighted by atomic mass is 79.9. The Morgan fingerprint density at radius 2 is 2.04 bits per heavy atom. The molecule has 0 fully saturated rings. The van der Waals surface area contributed by atoms with Crippen molar-refractivity contribution >= 4 is 45.3 Å². The zero-order valence-corrected chi connectivity index (χ0v) is 17.1. The fourth-order valence-electron chi connectivity index (χ4n) is 2.45. The van der Waals surface area contributed by atoms with Gasteiger partial charge in [0.2, 0.25) is 0 Å². The first-order valence-corrected chi connectivity index (χ1v) is 10.1. The lowest BCUT2D eigenvalue weighted by Crippen LogP contribution is -2.08. The van der Waals surface area contributed by atoms with Crippen molar-refractivity contribution in [3.05, 3.63) is 64.2 Å². The topological polar surface area (TPSA) is 44.1 Å². The van der Waals surface area contributed by atoms with E-state index in [0.29, 0.717) is 16.8 Å². The number of hydrogen-bond acceptors (Lipinski definition) is 4. The molecule has 3 rings (SSSR count). The molecule has 1 aromatic heterocycles. The molecule has 0 saturated heterocycles. The maximum absolute atomic E-state index is 11.7. The lowest BCUT2D eigenvalue weighted by Gasteiger charge is -2.12. The van der Waals surface area contributed by atoms with Crippen LogP contribution in [0.5, 0.6) is 0 Å². The molecule has 0 saturated carbocycles. The number of thioether (sulfide) groups is 1. The minimum atomic E-state index is -0.261. The fraction of sp³-hybridized carbons (Fsp3) is 0.158. The van der Waals surface area contributed by atoms with E-state index < -0.39 is 0 Å². The molecule has 26 heavy (non-hydrogen) atoms. The van der Waals surface area contributed by atoms with Crippen molar-refractivity contribution in [2.24, 2.45) is 0 Å². The van der Waals surface area contributed by atoms with Gasteiger partial charge in [-0.2, -0.15) is 0 Å². The molecule has 1 heterocycles. The first kappa shape index (κ1) is 19.0. The van der Waals surface area contributed by atoms with E-state index in [1.54, 1.807) is 13.1 Å². The van der Waals surface area contributed by atoms with Gasteiger partial charge in [0, 0.05) is 20.7 Å². The molecule has 0 radical (unpaired) electrons. The third-order valence-corrected chi connectivity index (χ3v) is 5.25. The SMILES string of the molecule is CCOC(=O)CSc1ncc(-c2ccc(Br)cc2)n1-c1cccc(Cl)c1. The Balaban J connectivity index is 2.02. The normalized spacial score (nSPS) is 10.7. The number of hydrogen-bond donors (Lipinski definition) is 0. The van der Waals surface area contributed by atoms with E-state index in [-0.39, 0.29) is 11.7 Å². The van der Waals surface area contributed by atoms with Gasteiger partial charge in [-0.25, -0.2) is 4.98 Å². The summed E-state index contributed by atoms with van der Waals surface area (Å²) in [6, 6.07) is 15.6. The van der Waals surface area contributed by atoms with Gasteiger partial charge < -0.3 is 4.74 Å². The van der Waals surface area contributed by atoms with Crippen LogP contribution in [-0.4, -0.2) is 27.9 Å². The van der Waals surface area contributed by atoms with Crippen LogP contribution in [0.3, 0.4) is 0 Å². The van der Waals surface area contributed by atoms with Gasteiger partial charge in [-0.15, -0.1) is 0 Å². The third kappa shape index (κ3) is 4.50. The van der Waals surface area contributed by atoms with E-state index >= 15 is 0 Å². The summed E-state index contributed by atoms with van der Waals surface area (Å²) in [5.74, 6) is -0.0612. The Morgan fingerprint density at radius 3 is 2.73 bits per heavy atom. The van der Waals surface area contributed by atoms with E-state index in [2.05, 4.69) is 20.9 Å². The summed E-state index contributed by atoms with van der Waals surface area (Å²) in [4.78, 5) is 16.2. The largest absolute Gasteiger partial charge is 0.465 e. The Morgan fingerprint density at radius 1 is 1.27 bits per heavy atom. The van der Waals surface area contributed by atoms with E-state index in [1.165, 1.54) is 11.8 Å². The quantitative estimate of drug-likeness (QED) is 0.361. The molecule has 0 aliphatic heterocycles. The van der Waals surface area contributed by atoms with Crippen molar-refractivity contribution in [1.82, 2.24) is 9.55 Å². The highest BCUT2D eigenvalue weighted by molar-refractivity contribution is 9.10. The molecule has 0 amide bonds. The summed E-state index contributed by atoms with van der Waals surface area (Å²) in [7, 11) is 0. The highest BCUT2D eigenvalue weighted by Crippen LogP contribution is 2.31. The molecule has 0 atom stereocenters. The fourth-order valence-corrected chi connectivity index (χ4v) is 3.69. The number of carbonyl (C=O) groups excluding carboxylic acids is 1. The molecule has 0 aliphatic carbocycles. The second-order valence-corrected chi connectivity index (χ2v) is 7.64. The summed E-state index contributed by atoms with van der Waals surface area (Å²) in [5.41, 5.74) is 2.83. The van der Waals surface area contributed by atoms with E-state index in [4.69, 9.17) is 16.3 Å². The minimum Gasteiger partial charge on any atom is -0.465 e. The molecule has 0 spiro atoms. The van der Waals surface area contributed by atoms with Crippen molar-refractivity contribution in [2.75, 3.05) is 12.4 Å². The van der Waals surface area contributed by atoms with Crippen molar-refractivity contribution in [3.8, 4) is 16.9 Å². The summed E-state index contributed by atoms with van der Waals surface area (Å²) in [5, 5.41) is 1.34. The lowest BCUT2D eigenvalue weighted by molar-refractivity contribution is -0.139. The zero-order chi connectivity index (χ0) is 18.5. The second-order valence-electron chi connectivity index (χ2n) is 5.34. The number of halogens is 2. The Kier molecular flexibility index (Phi) is 6.40. The molecular formula is C19H16BrClN2O2S. The smallest absolute Gasteiger partial charge is 0.316 e. The average molecular weight is 452 g/mol. The molecule has 0 N–H and O–H groups in total. The number of esters is 1. The zero-order valence-electron chi connectivity index (χ0n) is 14.0. The first-order valence-electron chi connectivity index (χ1n) is 7.96. The molecule has 7 heteroatoms. The Hall–Kier alpha value is -1.76. The van der Waals surface area contributed by atoms with Crippen LogP contribution in [0.15, 0.2) is 64.4 Å². The number of ether oxygens (including phenoxy) is 1. The van der Waals surface area contributed by atoms with Crippen LogP contribution in [0, 0.1) is 0 Å². The third-order valence-electron chi connectivity index (χ3n) is 3.56. The highest BCUT2D eigenvalue weighted by Gasteiger charge is 2.16. The van der Waals surface area contributed by atoms with E-state index in [9.17, 15) is 4.79 Å². The van der Waals surface area contributed by atoms with Crippen LogP contribution in [-0.2, 0) is 9.53 Å². The number of nitrogens with zero attached hydrogens (tertiary/aromatic N) is 2. The van der Waals surface area contributed by atoms with Crippen molar-refractivity contribution < 1.29 is 9.53 Å². The van der Waals surface area contributed by atoms with Crippen LogP contribution in [0.4, 0.5) is 0 Å². The Bertz CT molecular complexity index is 912. The predicted octanol–water partition coefficient (Wildman–Crippen LogP) is 5.61. The molecule has 134 valence electrons. The van der Waals surface area contributed by atoms with Crippen molar-refractivity contribution in [1.29, 1.82) is 0 Å². The summed E-state index contributed by atoms with van der Waals surface area (Å²) >= 11 is 11.0. The molecule has 0 aliphatic rings. The summed E-state index contributed by atoms with van der Waals surface area (Å²) in [6.07, 6.45) is 1.80. The molecule has 0 bridgehead atoms. The van der Waals surface area contributed by atoms with Gasteiger partial charge in [0.15, 0.2) is 5.16 Å². The average Bonchev–Trinajstić information content (AvgIpc) is 3.05. The van der Waals surface area contributed by atoms with Gasteiger partial charge in [0.05, 0.1) is 24.3 Å². The first-order chi connectivity index (χ1) is 12.6. The minimum absolute atomic E-state index is 0.200. The Labute approximate surface area is 169 Å². The monoisotopic (exact) mass is 450 g/mol. The van der Waals surface area contributed by atoms with Crippen LogP contribution in [0.1, 0.15) is 6.92 Å². The number of benzene rings is 2. The molecule has 4 nitrogen and oxygen atoms in total. The number of aromatic nitrogens is 2. The van der Waals surface area contributed by atoms with Gasteiger partial charge in [-0.05, 0) is 37.3 Å². The van der Waals surface area contributed by atoms with Gasteiger partial charge in [0.25, 0.3) is 0 Å². The molecule has 3 aromatic rings. The van der Waals surface area contributed by atoms with Gasteiger partial charge in [-0.1, -0.05) is 57.5 Å². The van der Waals surface area contributed by atoms with Crippen LogP contribution in [0.25, 0.3) is 16.9 Å². The van der Waals surface area contributed by atoms with Gasteiger partial charge in [-0.3, -0.25) is 9.36 Å². The van der Waals surface area contributed by atoms with E-state index in [0.717, 1.165) is 21.4 Å². The standard InChI is InChI=1S/C19H16BrClN2O2S/c1-2-25-18(24)12-26-19-22-11-17(13-6-8-14(20)9-7-13)23(19)16-5-3-4-15(21)10-16/h3-11H,2,12H2,1H3. The van der Waals surface area contributed by atoms with Gasteiger partial charge >= 0.3 is 5.97 Å². The molecule has 2 aromatic carbocycles. The van der Waals surface area contributed by atoms with Crippen LogP contribution < -0.4 is 0 Å².